The van der Waals surface area contributed by atoms with Crippen molar-refractivity contribution in [1.82, 2.24) is 4.98 Å². The van der Waals surface area contributed by atoms with Crippen LogP contribution in [0.25, 0.3) is 33.3 Å². The number of rotatable bonds is 3. The molecule has 1 fully saturated rings. The molecule has 2 aromatic carbocycles. The van der Waals surface area contributed by atoms with E-state index in [2.05, 4.69) is 5.32 Å². The van der Waals surface area contributed by atoms with Crippen molar-refractivity contribution in [1.29, 1.82) is 0 Å². The highest BCUT2D eigenvalue weighted by molar-refractivity contribution is 6.22. The monoisotopic (exact) mass is 852 g/mol. The number of hydrogen-bond acceptors (Lipinski definition) is 15. The summed E-state index contributed by atoms with van der Waals surface area (Å²) in [6, 6.07) is 3.24. The summed E-state index contributed by atoms with van der Waals surface area (Å²) >= 11 is 0. The highest BCUT2D eigenvalue weighted by atomic mass is 16.7. The fraction of sp³-hybridized carbons (Fsp3) is 0.457. The third-order valence-corrected chi connectivity index (χ3v) is 12.8. The largest absolute Gasteiger partial charge is 0.507 e. The number of carbonyl (C=O) groups excluding carboxylic acids is 3. The number of nitrogens with two attached hydrogens (primary N) is 1. The van der Waals surface area contributed by atoms with Crippen LogP contribution in [-0.2, 0) is 29.2 Å². The number of fused-ring (bicyclic) bond motifs is 7. The third-order valence-electron chi connectivity index (χ3n) is 12.8. The fourth-order valence-corrected chi connectivity index (χ4v) is 9.66. The molecule has 0 aromatic heterocycles. The lowest BCUT2D eigenvalue weighted by Gasteiger charge is -2.44. The van der Waals surface area contributed by atoms with Crippen LogP contribution in [-0.4, -0.2) is 88.3 Å². The van der Waals surface area contributed by atoms with Gasteiger partial charge in [-0.3, -0.25) is 19.2 Å². The molecule has 5 aliphatic heterocycles. The molecular formula is C46H52N4O12. The molecule has 6 N–H and O–H groups in total. The normalized spacial score (nSPS) is 30.2. The molecule has 328 valence electrons. The van der Waals surface area contributed by atoms with Crippen LogP contribution >= 0.6 is 0 Å². The lowest BCUT2D eigenvalue weighted by atomic mass is 9.67. The van der Waals surface area contributed by atoms with Crippen LogP contribution in [0.3, 0.4) is 0 Å². The van der Waals surface area contributed by atoms with E-state index in [1.165, 1.54) is 39.4 Å². The molecule has 0 saturated carbocycles. The Morgan fingerprint density at radius 1 is 1.06 bits per heavy atom. The van der Waals surface area contributed by atoms with Gasteiger partial charge in [0.05, 0.1) is 40.4 Å². The smallest absolute Gasteiger partial charge is 0.312 e. The lowest BCUT2D eigenvalue weighted by Crippen LogP contribution is -2.54. The van der Waals surface area contributed by atoms with Gasteiger partial charge in [-0.2, -0.15) is 0 Å². The van der Waals surface area contributed by atoms with Gasteiger partial charge in [-0.1, -0.05) is 32.1 Å². The standard InChI is InChI=1S/C46H52N4O12/c1-21-9-8-10-23(3)44(57)49-37-39(55)32-31(36-41(37)61-29-20-26(19-27(52)35(29)48-36)50-14-11-25(47)12-15-50)33-40-34(38(32)54)45(5,43(60-24(4)51)28(53)18-22(2)17-21)30(58-7)13-16-59-46(6,62-40)42(33)56/h8-10,13,16,19-22,25,28,30,43,52-54H,11-12,14-15,17-18,47H2,1-7H3,(H,49,57)/b9-8+,16-13+,23-10-/t21-,22+,28+,30-,43-,45+,46-/m0/s1. The van der Waals surface area contributed by atoms with Crippen LogP contribution in [0.5, 0.6) is 17.2 Å². The molecule has 6 aliphatic rings. The molecule has 8 rings (SSSR count). The number of ether oxygens (including phenoxy) is 4. The number of aromatic hydroxyl groups is 2. The third kappa shape index (κ3) is 6.93. The summed E-state index contributed by atoms with van der Waals surface area (Å²) in [5.74, 6) is -5.97. The van der Waals surface area contributed by atoms with E-state index < -0.39 is 69.4 Å². The van der Waals surface area contributed by atoms with Crippen LogP contribution < -0.4 is 26.1 Å². The van der Waals surface area contributed by atoms with Gasteiger partial charge in [0.2, 0.25) is 5.43 Å². The highest BCUT2D eigenvalue weighted by Crippen LogP contribution is 2.57. The van der Waals surface area contributed by atoms with Gasteiger partial charge in [0.25, 0.3) is 11.7 Å². The Labute approximate surface area is 357 Å². The number of aliphatic hydroxyl groups excluding tert-OH is 1. The van der Waals surface area contributed by atoms with E-state index in [1.807, 2.05) is 24.8 Å². The average Bonchev–Trinajstić information content (AvgIpc) is 3.49. The van der Waals surface area contributed by atoms with Gasteiger partial charge >= 0.3 is 11.8 Å². The van der Waals surface area contributed by atoms with E-state index in [4.69, 9.17) is 34.1 Å². The molecule has 0 spiro atoms. The van der Waals surface area contributed by atoms with Crippen LogP contribution in [0.15, 0.2) is 57.5 Å². The molecule has 0 unspecified atom stereocenters. The van der Waals surface area contributed by atoms with Gasteiger partial charge in [0.15, 0.2) is 11.3 Å². The van der Waals surface area contributed by atoms with Crippen molar-refractivity contribution in [3.8, 4) is 28.7 Å². The number of Topliss-reactive ketones (excluding diaryl/α,β-unsaturated/α-hetero) is 1. The zero-order valence-electron chi connectivity index (χ0n) is 35.7. The van der Waals surface area contributed by atoms with E-state index in [-0.39, 0.29) is 80.4 Å². The summed E-state index contributed by atoms with van der Waals surface area (Å²) in [5.41, 5.74) is 3.19. The first-order chi connectivity index (χ1) is 29.4. The van der Waals surface area contributed by atoms with Gasteiger partial charge in [0, 0.05) is 68.9 Å². The second-order valence-corrected chi connectivity index (χ2v) is 17.5. The van der Waals surface area contributed by atoms with Crippen molar-refractivity contribution in [3.05, 3.63) is 69.6 Å². The van der Waals surface area contributed by atoms with Crippen molar-refractivity contribution in [3.63, 3.8) is 0 Å². The van der Waals surface area contributed by atoms with Crippen LogP contribution in [0.2, 0.25) is 0 Å². The molecule has 62 heavy (non-hydrogen) atoms. The van der Waals surface area contributed by atoms with Gasteiger partial charge < -0.3 is 54.6 Å². The van der Waals surface area contributed by atoms with Gasteiger partial charge in [-0.15, -0.1) is 0 Å². The Morgan fingerprint density at radius 2 is 1.79 bits per heavy atom. The van der Waals surface area contributed by atoms with Gasteiger partial charge in [-0.25, -0.2) is 4.98 Å². The van der Waals surface area contributed by atoms with Crippen molar-refractivity contribution in [2.45, 2.75) is 103 Å². The number of hydrogen-bond donors (Lipinski definition) is 5. The number of anilines is 2. The first-order valence-corrected chi connectivity index (χ1v) is 20.9. The van der Waals surface area contributed by atoms with Crippen LogP contribution in [0.1, 0.15) is 83.1 Å². The topological polar surface area (TPSA) is 233 Å². The number of benzene rings is 3. The lowest BCUT2D eigenvalue weighted by molar-refractivity contribution is -0.164. The van der Waals surface area contributed by atoms with E-state index in [9.17, 15) is 29.7 Å². The predicted octanol–water partition coefficient (Wildman–Crippen LogP) is 5.69. The maximum atomic E-state index is 15.3. The van der Waals surface area contributed by atoms with E-state index in [0.29, 0.717) is 25.2 Å². The van der Waals surface area contributed by atoms with Crippen molar-refractivity contribution in [2.75, 3.05) is 30.4 Å². The summed E-state index contributed by atoms with van der Waals surface area (Å²) in [7, 11) is 1.37. The second kappa shape index (κ2) is 15.7. The fourth-order valence-electron chi connectivity index (χ4n) is 9.66. The minimum Gasteiger partial charge on any atom is -0.507 e. The molecule has 1 aliphatic carbocycles. The van der Waals surface area contributed by atoms with Crippen LogP contribution in [0.4, 0.5) is 11.4 Å². The minimum absolute atomic E-state index is 0.0236. The molecule has 1 amide bonds. The zero-order chi connectivity index (χ0) is 44.6. The number of nitrogens with zero attached hydrogens (tertiary/aromatic N) is 2. The number of nitrogens with one attached hydrogen (secondary N) is 1. The Bertz CT molecular complexity index is 2640. The number of esters is 1. The SMILES string of the molecule is CO[C@H]1/C=C/O[C@@]2(C)Oc3c4c(O)c5c(=O)c(c6oc7cc(N8CCC(N)CC8)cc(O)c7nc-6c5c3C2=O)NC(=O)/C(C)=C\C=C\[C@H](C)C[C@@H](C)C[C@@H](O)[C@H](OC(C)=O)[C@@]41C. The number of piperidine rings is 1. The molecule has 0 radical (unpaired) electrons. The maximum Gasteiger partial charge on any atom is 0.312 e. The molecule has 5 bridgehead atoms. The Hall–Kier alpha value is -5.97. The first-order valence-electron chi connectivity index (χ1n) is 20.9. The minimum atomic E-state index is -2.08. The quantitative estimate of drug-likeness (QED) is 0.0946. The molecule has 2 aromatic rings. The number of methoxy groups -OCH3 is 1. The number of ketones is 1. The summed E-state index contributed by atoms with van der Waals surface area (Å²) < 4.78 is 31.0. The zero-order valence-corrected chi connectivity index (χ0v) is 35.7. The molecule has 16 nitrogen and oxygen atoms in total. The average molecular weight is 853 g/mol. The summed E-state index contributed by atoms with van der Waals surface area (Å²) in [6.45, 7) is 10.9. The number of phenols is 2. The number of aromatic nitrogens is 1. The van der Waals surface area contributed by atoms with Crippen molar-refractivity contribution < 1.29 is 53.1 Å². The molecule has 1 saturated heterocycles. The molecule has 7 atom stereocenters. The Balaban J connectivity index is 1.53. The maximum absolute atomic E-state index is 15.3. The van der Waals surface area contributed by atoms with Crippen LogP contribution in [0, 0.1) is 11.8 Å². The van der Waals surface area contributed by atoms with Gasteiger partial charge in [-0.05, 0) is 57.4 Å². The predicted molar refractivity (Wildman–Crippen MR) is 230 cm³/mol. The van der Waals surface area contributed by atoms with E-state index in [1.54, 1.807) is 32.1 Å². The summed E-state index contributed by atoms with van der Waals surface area (Å²) in [4.78, 5) is 64.1. The number of phenolic OH excluding ortho intramolecular Hbond substituents is 2. The summed E-state index contributed by atoms with van der Waals surface area (Å²) in [6.07, 6.45) is 6.02. The Morgan fingerprint density at radius 3 is 2.48 bits per heavy atom. The van der Waals surface area contributed by atoms with E-state index >= 15 is 4.79 Å². The van der Waals surface area contributed by atoms with Gasteiger partial charge in [0.1, 0.15) is 40.3 Å². The molecular weight excluding hydrogens is 801 g/mol. The first kappa shape index (κ1) is 42.7. The Kier molecular flexibility index (Phi) is 10.8. The van der Waals surface area contributed by atoms with Crippen molar-refractivity contribution >= 4 is 50.9 Å². The molecule has 16 heteroatoms. The summed E-state index contributed by atoms with van der Waals surface area (Å²) in [5, 5.41) is 38.7. The highest BCUT2D eigenvalue weighted by Gasteiger charge is 2.58. The number of amides is 1. The number of allylic oxidation sites excluding steroid dienone is 3. The van der Waals surface area contributed by atoms with E-state index in [0.717, 1.165) is 12.8 Å². The number of carbonyl (C=O) groups is 3. The number of aliphatic hydroxyl groups is 1. The van der Waals surface area contributed by atoms with Crippen molar-refractivity contribution in [2.24, 2.45) is 17.6 Å². The second-order valence-electron chi connectivity index (χ2n) is 17.5. The molecule has 5 heterocycles.